The van der Waals surface area contributed by atoms with Crippen LogP contribution >= 0.6 is 0 Å². The summed E-state index contributed by atoms with van der Waals surface area (Å²) < 4.78 is 0. The molecule has 0 amide bonds. The Bertz CT molecular complexity index is 253. The summed E-state index contributed by atoms with van der Waals surface area (Å²) in [5, 5.41) is 0. The van der Waals surface area contributed by atoms with Crippen LogP contribution in [0.2, 0.25) is 0 Å². The molecule has 0 saturated heterocycles. The van der Waals surface area contributed by atoms with Gasteiger partial charge in [0.05, 0.1) is 0 Å². The minimum Gasteiger partial charge on any atom is -0.0840 e. The molecule has 0 N–H and O–H groups in total. The molecule has 0 aromatic rings. The summed E-state index contributed by atoms with van der Waals surface area (Å²) in [5.41, 5.74) is 1.59. The van der Waals surface area contributed by atoms with Gasteiger partial charge in [-0.05, 0) is 37.5 Å². The molecule has 90 valence electrons. The highest BCUT2D eigenvalue weighted by molar-refractivity contribution is 5.21. The molecule has 0 nitrogen and oxygen atoms in total. The third-order valence-electron chi connectivity index (χ3n) is 4.41. The molecule has 0 unspecified atom stereocenters. The second-order valence-corrected chi connectivity index (χ2v) is 5.67. The average Bonchev–Trinajstić information content (AvgIpc) is 2.38. The Labute approximate surface area is 101 Å². The van der Waals surface area contributed by atoms with Gasteiger partial charge in [-0.2, -0.15) is 0 Å². The van der Waals surface area contributed by atoms with Gasteiger partial charge >= 0.3 is 0 Å². The first-order chi connectivity index (χ1) is 7.86. The lowest BCUT2D eigenvalue weighted by atomic mass is 9.78. The second kappa shape index (κ2) is 6.27. The molecule has 1 saturated carbocycles. The molecular weight excluding hydrogens is 192 g/mol. The molecule has 2 aliphatic rings. The molecule has 0 heterocycles. The lowest BCUT2D eigenvalue weighted by Crippen LogP contribution is -2.15. The molecule has 1 fully saturated rings. The van der Waals surface area contributed by atoms with E-state index in [1.54, 1.807) is 5.57 Å². The van der Waals surface area contributed by atoms with Crippen molar-refractivity contribution in [3.8, 4) is 0 Å². The monoisotopic (exact) mass is 218 g/mol. The highest BCUT2D eigenvalue weighted by Gasteiger charge is 2.19. The molecular formula is C16H26. The first-order valence-corrected chi connectivity index (χ1v) is 7.22. The molecule has 0 aliphatic heterocycles. The van der Waals surface area contributed by atoms with Gasteiger partial charge in [0, 0.05) is 0 Å². The highest BCUT2D eigenvalue weighted by atomic mass is 14.2. The fraction of sp³-hybridized carbons (Fsp3) is 0.750. The third-order valence-corrected chi connectivity index (χ3v) is 4.41. The van der Waals surface area contributed by atoms with Gasteiger partial charge in [0.25, 0.3) is 0 Å². The van der Waals surface area contributed by atoms with Gasteiger partial charge in [-0.3, -0.25) is 0 Å². The summed E-state index contributed by atoms with van der Waals surface area (Å²) >= 11 is 0. The van der Waals surface area contributed by atoms with Crippen LogP contribution in [0.3, 0.4) is 0 Å². The van der Waals surface area contributed by atoms with Crippen LogP contribution < -0.4 is 0 Å². The molecule has 0 aromatic heterocycles. The van der Waals surface area contributed by atoms with Gasteiger partial charge < -0.3 is 0 Å². The van der Waals surface area contributed by atoms with Crippen molar-refractivity contribution in [2.75, 3.05) is 0 Å². The van der Waals surface area contributed by atoms with Crippen LogP contribution in [0, 0.1) is 11.8 Å². The van der Waals surface area contributed by atoms with E-state index < -0.39 is 0 Å². The van der Waals surface area contributed by atoms with E-state index in [2.05, 4.69) is 25.2 Å². The van der Waals surface area contributed by atoms with E-state index in [0.29, 0.717) is 0 Å². The van der Waals surface area contributed by atoms with E-state index in [-0.39, 0.29) is 0 Å². The van der Waals surface area contributed by atoms with Crippen molar-refractivity contribution in [1.82, 2.24) is 0 Å². The Hall–Kier alpha value is -0.520. The predicted molar refractivity (Wildman–Crippen MR) is 71.4 cm³/mol. The van der Waals surface area contributed by atoms with Crippen molar-refractivity contribution in [3.05, 3.63) is 23.8 Å². The minimum absolute atomic E-state index is 0.941. The molecule has 16 heavy (non-hydrogen) atoms. The van der Waals surface area contributed by atoms with Crippen LogP contribution in [0.4, 0.5) is 0 Å². The zero-order valence-corrected chi connectivity index (χ0v) is 10.8. The summed E-state index contributed by atoms with van der Waals surface area (Å²) in [6, 6.07) is 0. The maximum absolute atomic E-state index is 2.48. The van der Waals surface area contributed by atoms with Gasteiger partial charge in [-0.25, -0.2) is 0 Å². The maximum Gasteiger partial charge on any atom is -0.0280 e. The molecule has 2 rings (SSSR count). The second-order valence-electron chi connectivity index (χ2n) is 5.67. The van der Waals surface area contributed by atoms with Gasteiger partial charge in [0.1, 0.15) is 0 Å². The zero-order chi connectivity index (χ0) is 11.2. The van der Waals surface area contributed by atoms with Gasteiger partial charge in [-0.1, -0.05) is 62.8 Å². The Kier molecular flexibility index (Phi) is 4.69. The SMILES string of the molecule is C[C@H](CCC1=CCCC=C1)C1CCCCC1. The average molecular weight is 218 g/mol. The summed E-state index contributed by atoms with van der Waals surface area (Å²) in [5.74, 6) is 1.97. The van der Waals surface area contributed by atoms with E-state index in [1.807, 2.05) is 0 Å². The van der Waals surface area contributed by atoms with Crippen LogP contribution in [0.15, 0.2) is 23.8 Å². The van der Waals surface area contributed by atoms with Gasteiger partial charge in [-0.15, -0.1) is 0 Å². The first-order valence-electron chi connectivity index (χ1n) is 7.22. The number of hydrogen-bond acceptors (Lipinski definition) is 0. The van der Waals surface area contributed by atoms with E-state index in [0.717, 1.165) is 11.8 Å². The number of allylic oxidation sites excluding steroid dienone is 4. The Balaban J connectivity index is 1.72. The van der Waals surface area contributed by atoms with Gasteiger partial charge in [0.15, 0.2) is 0 Å². The van der Waals surface area contributed by atoms with E-state index in [9.17, 15) is 0 Å². The van der Waals surface area contributed by atoms with E-state index in [4.69, 9.17) is 0 Å². The van der Waals surface area contributed by atoms with Crippen molar-refractivity contribution in [3.63, 3.8) is 0 Å². The lowest BCUT2D eigenvalue weighted by molar-refractivity contribution is 0.253. The normalized spacial score (nSPS) is 24.2. The fourth-order valence-corrected chi connectivity index (χ4v) is 3.19. The van der Waals surface area contributed by atoms with Crippen molar-refractivity contribution in [2.45, 2.75) is 64.7 Å². The summed E-state index contributed by atoms with van der Waals surface area (Å²) in [6.07, 6.45) is 19.8. The molecule has 0 radical (unpaired) electrons. The van der Waals surface area contributed by atoms with Crippen LogP contribution in [-0.4, -0.2) is 0 Å². The van der Waals surface area contributed by atoms with Crippen LogP contribution in [0.1, 0.15) is 64.7 Å². The largest absolute Gasteiger partial charge is 0.0840 e. The zero-order valence-electron chi connectivity index (χ0n) is 10.8. The van der Waals surface area contributed by atoms with Crippen LogP contribution in [0.5, 0.6) is 0 Å². The highest BCUT2D eigenvalue weighted by Crippen LogP contribution is 2.33. The van der Waals surface area contributed by atoms with Crippen molar-refractivity contribution < 1.29 is 0 Å². The van der Waals surface area contributed by atoms with E-state index in [1.165, 1.54) is 57.8 Å². The molecule has 0 bridgehead atoms. The smallest absolute Gasteiger partial charge is 0.0280 e. The van der Waals surface area contributed by atoms with Crippen molar-refractivity contribution in [1.29, 1.82) is 0 Å². The Morgan fingerprint density at radius 1 is 1.19 bits per heavy atom. The van der Waals surface area contributed by atoms with Crippen LogP contribution in [0.25, 0.3) is 0 Å². The molecule has 1 atom stereocenters. The molecule has 2 aliphatic carbocycles. The predicted octanol–water partition coefficient (Wildman–Crippen LogP) is 5.26. The minimum atomic E-state index is 0.941. The molecule has 0 spiro atoms. The quantitative estimate of drug-likeness (QED) is 0.604. The number of hydrogen-bond donors (Lipinski definition) is 0. The lowest BCUT2D eigenvalue weighted by Gasteiger charge is -2.27. The van der Waals surface area contributed by atoms with Crippen LogP contribution in [-0.2, 0) is 0 Å². The topological polar surface area (TPSA) is 0 Å². The summed E-state index contributed by atoms with van der Waals surface area (Å²) in [6.45, 7) is 2.48. The molecule has 0 aromatic carbocycles. The van der Waals surface area contributed by atoms with Crippen molar-refractivity contribution in [2.24, 2.45) is 11.8 Å². The first kappa shape index (κ1) is 12.0. The molecule has 0 heteroatoms. The summed E-state index contributed by atoms with van der Waals surface area (Å²) in [4.78, 5) is 0. The summed E-state index contributed by atoms with van der Waals surface area (Å²) in [7, 11) is 0. The standard InChI is InChI=1S/C16H26/c1-14(16-10-6-3-7-11-16)12-13-15-8-4-2-5-9-15/h4,8-9,14,16H,2-3,5-7,10-13H2,1H3/t14-/m1/s1. The van der Waals surface area contributed by atoms with Gasteiger partial charge in [0.2, 0.25) is 0 Å². The van der Waals surface area contributed by atoms with Crippen molar-refractivity contribution >= 4 is 0 Å². The Morgan fingerprint density at radius 3 is 2.69 bits per heavy atom. The maximum atomic E-state index is 2.48. The number of rotatable bonds is 4. The third kappa shape index (κ3) is 3.50. The Morgan fingerprint density at radius 2 is 2.00 bits per heavy atom. The fourth-order valence-electron chi connectivity index (χ4n) is 3.19. The van der Waals surface area contributed by atoms with E-state index >= 15 is 0 Å².